The van der Waals surface area contributed by atoms with Gasteiger partial charge in [-0.3, -0.25) is 0 Å². The number of rotatable bonds is 2. The number of hydrogen-bond acceptors (Lipinski definition) is 4. The average Bonchev–Trinajstić information content (AvgIpc) is 2.53. The van der Waals surface area contributed by atoms with Gasteiger partial charge in [-0.15, -0.1) is 11.3 Å². The van der Waals surface area contributed by atoms with Gasteiger partial charge in [0.05, 0.1) is 0 Å². The van der Waals surface area contributed by atoms with Crippen molar-refractivity contribution in [3.05, 3.63) is 22.3 Å². The van der Waals surface area contributed by atoms with Crippen LogP contribution in [0.3, 0.4) is 0 Å². The molecule has 0 amide bonds. The predicted molar refractivity (Wildman–Crippen MR) is 47.9 cm³/mol. The van der Waals surface area contributed by atoms with E-state index in [1.54, 1.807) is 17.5 Å². The number of allylic oxidation sites excluding steroid dienone is 1. The van der Waals surface area contributed by atoms with Crippen molar-refractivity contribution in [2.24, 2.45) is 11.5 Å². The first kappa shape index (κ1) is 8.23. The molecule has 0 aliphatic rings. The smallest absolute Gasteiger partial charge is 0.120 e. The first-order valence-corrected chi connectivity index (χ1v) is 4.19. The summed E-state index contributed by atoms with van der Waals surface area (Å²) in [6.07, 6.45) is 1.76. The lowest BCUT2D eigenvalue weighted by atomic mass is 10.2. The zero-order valence-electron chi connectivity index (χ0n) is 6.37. The second-order valence-electron chi connectivity index (χ2n) is 2.19. The molecule has 1 aromatic rings. The standard InChI is InChI=1S/C7H11N3S/c1-5(6(9)4-8)7-10-2-3-11-7/h2-3H,4,8-9H2,1H3. The SMILES string of the molecule is CC(=C(N)CN)c1nccs1. The highest BCUT2D eigenvalue weighted by molar-refractivity contribution is 7.10. The molecule has 60 valence electrons. The molecule has 1 heterocycles. The van der Waals surface area contributed by atoms with Crippen LogP contribution in [0, 0.1) is 0 Å². The first-order valence-electron chi connectivity index (χ1n) is 3.31. The Morgan fingerprint density at radius 3 is 2.91 bits per heavy atom. The lowest BCUT2D eigenvalue weighted by molar-refractivity contribution is 1.10. The largest absolute Gasteiger partial charge is 0.401 e. The molecule has 11 heavy (non-hydrogen) atoms. The van der Waals surface area contributed by atoms with E-state index >= 15 is 0 Å². The Balaban J connectivity index is 2.93. The van der Waals surface area contributed by atoms with Crippen LogP contribution in [0.15, 0.2) is 17.3 Å². The molecule has 4 N–H and O–H groups in total. The molecule has 0 unspecified atom stereocenters. The Morgan fingerprint density at radius 1 is 1.73 bits per heavy atom. The van der Waals surface area contributed by atoms with Gasteiger partial charge in [0.25, 0.3) is 0 Å². The summed E-state index contributed by atoms with van der Waals surface area (Å²) in [6.45, 7) is 2.33. The van der Waals surface area contributed by atoms with Gasteiger partial charge >= 0.3 is 0 Å². The van der Waals surface area contributed by atoms with Crippen molar-refractivity contribution in [2.75, 3.05) is 6.54 Å². The Kier molecular flexibility index (Phi) is 2.62. The van der Waals surface area contributed by atoms with Gasteiger partial charge in [0.15, 0.2) is 0 Å². The van der Waals surface area contributed by atoms with E-state index in [1.807, 2.05) is 12.3 Å². The third-order valence-corrected chi connectivity index (χ3v) is 2.35. The third-order valence-electron chi connectivity index (χ3n) is 1.45. The van der Waals surface area contributed by atoms with Crippen LogP contribution in [-0.4, -0.2) is 11.5 Å². The molecule has 0 aromatic carbocycles. The van der Waals surface area contributed by atoms with Crippen LogP contribution in [0.1, 0.15) is 11.9 Å². The van der Waals surface area contributed by atoms with Gasteiger partial charge in [-0.25, -0.2) is 4.98 Å². The average molecular weight is 169 g/mol. The Hall–Kier alpha value is -0.870. The Bertz CT molecular complexity index is 251. The molecule has 4 heteroatoms. The van der Waals surface area contributed by atoms with Crippen LogP contribution >= 0.6 is 11.3 Å². The van der Waals surface area contributed by atoms with Crippen LogP contribution < -0.4 is 11.5 Å². The van der Waals surface area contributed by atoms with Crippen LogP contribution in [0.5, 0.6) is 0 Å². The maximum atomic E-state index is 5.63. The zero-order valence-corrected chi connectivity index (χ0v) is 7.19. The van der Waals surface area contributed by atoms with Crippen LogP contribution in [-0.2, 0) is 0 Å². The predicted octanol–water partition coefficient (Wildman–Crippen LogP) is 0.792. The van der Waals surface area contributed by atoms with Gasteiger partial charge < -0.3 is 11.5 Å². The van der Waals surface area contributed by atoms with Gasteiger partial charge in [-0.2, -0.15) is 0 Å². The summed E-state index contributed by atoms with van der Waals surface area (Å²) >= 11 is 1.57. The fraction of sp³-hybridized carbons (Fsp3) is 0.286. The molecule has 1 aromatic heterocycles. The van der Waals surface area contributed by atoms with Crippen molar-refractivity contribution in [1.82, 2.24) is 4.98 Å². The number of thiazole rings is 1. The van der Waals surface area contributed by atoms with Crippen LogP contribution in [0.25, 0.3) is 5.57 Å². The molecule has 0 saturated carbocycles. The molecule has 0 radical (unpaired) electrons. The molecule has 3 nitrogen and oxygen atoms in total. The molecule has 0 atom stereocenters. The fourth-order valence-electron chi connectivity index (χ4n) is 0.699. The van der Waals surface area contributed by atoms with E-state index in [4.69, 9.17) is 11.5 Å². The molecular formula is C7H11N3S. The van der Waals surface area contributed by atoms with Gasteiger partial charge in [0, 0.05) is 29.4 Å². The molecule has 0 saturated heterocycles. The van der Waals surface area contributed by atoms with Crippen molar-refractivity contribution in [1.29, 1.82) is 0 Å². The summed E-state index contributed by atoms with van der Waals surface area (Å²) < 4.78 is 0. The van der Waals surface area contributed by atoms with E-state index in [9.17, 15) is 0 Å². The molecule has 1 rings (SSSR count). The minimum Gasteiger partial charge on any atom is -0.401 e. The Labute approximate surface area is 69.7 Å². The molecular weight excluding hydrogens is 158 g/mol. The highest BCUT2D eigenvalue weighted by Crippen LogP contribution is 2.17. The molecule has 0 aliphatic heterocycles. The number of nitrogens with two attached hydrogens (primary N) is 2. The quantitative estimate of drug-likeness (QED) is 0.688. The topological polar surface area (TPSA) is 64.9 Å². The Morgan fingerprint density at radius 2 is 2.45 bits per heavy atom. The lowest BCUT2D eigenvalue weighted by Crippen LogP contribution is -2.12. The van der Waals surface area contributed by atoms with Gasteiger partial charge in [0.2, 0.25) is 0 Å². The maximum Gasteiger partial charge on any atom is 0.120 e. The minimum absolute atomic E-state index is 0.394. The monoisotopic (exact) mass is 169 g/mol. The van der Waals surface area contributed by atoms with Crippen molar-refractivity contribution in [3.8, 4) is 0 Å². The summed E-state index contributed by atoms with van der Waals surface area (Å²) in [6, 6.07) is 0. The van der Waals surface area contributed by atoms with E-state index in [0.717, 1.165) is 10.6 Å². The fourth-order valence-corrected chi connectivity index (χ4v) is 1.38. The number of nitrogens with zero attached hydrogens (tertiary/aromatic N) is 1. The molecule has 0 spiro atoms. The summed E-state index contributed by atoms with van der Waals surface area (Å²) in [4.78, 5) is 4.11. The van der Waals surface area contributed by atoms with E-state index in [1.165, 1.54) is 0 Å². The van der Waals surface area contributed by atoms with Gasteiger partial charge in [-0.1, -0.05) is 0 Å². The van der Waals surface area contributed by atoms with Gasteiger partial charge in [-0.05, 0) is 6.92 Å². The molecule has 0 bridgehead atoms. The summed E-state index contributed by atoms with van der Waals surface area (Å²) in [7, 11) is 0. The van der Waals surface area contributed by atoms with Crippen molar-refractivity contribution in [2.45, 2.75) is 6.92 Å². The highest BCUT2D eigenvalue weighted by Gasteiger charge is 2.01. The normalized spacial score (nSPS) is 12.9. The molecule has 0 aliphatic carbocycles. The van der Waals surface area contributed by atoms with Crippen molar-refractivity contribution in [3.63, 3.8) is 0 Å². The third kappa shape index (κ3) is 1.78. The van der Waals surface area contributed by atoms with Crippen LogP contribution in [0.2, 0.25) is 0 Å². The van der Waals surface area contributed by atoms with E-state index < -0.39 is 0 Å². The highest BCUT2D eigenvalue weighted by atomic mass is 32.1. The minimum atomic E-state index is 0.394. The number of aromatic nitrogens is 1. The lowest BCUT2D eigenvalue weighted by Gasteiger charge is -2.00. The van der Waals surface area contributed by atoms with Crippen LogP contribution in [0.4, 0.5) is 0 Å². The van der Waals surface area contributed by atoms with Crippen molar-refractivity contribution >= 4 is 16.9 Å². The van der Waals surface area contributed by atoms with E-state index in [0.29, 0.717) is 12.2 Å². The maximum absolute atomic E-state index is 5.63. The second-order valence-corrected chi connectivity index (χ2v) is 3.09. The van der Waals surface area contributed by atoms with Crippen molar-refractivity contribution < 1.29 is 0 Å². The summed E-state index contributed by atoms with van der Waals surface area (Å²) in [5.41, 5.74) is 12.7. The zero-order chi connectivity index (χ0) is 8.27. The summed E-state index contributed by atoms with van der Waals surface area (Å²) in [5, 5.41) is 2.87. The first-order chi connectivity index (χ1) is 5.25. The van der Waals surface area contributed by atoms with E-state index in [2.05, 4.69) is 4.98 Å². The second kappa shape index (κ2) is 3.50. The summed E-state index contributed by atoms with van der Waals surface area (Å²) in [5.74, 6) is 0. The van der Waals surface area contributed by atoms with E-state index in [-0.39, 0.29) is 0 Å². The molecule has 0 fully saturated rings. The van der Waals surface area contributed by atoms with Gasteiger partial charge in [0.1, 0.15) is 5.01 Å². The number of hydrogen-bond donors (Lipinski definition) is 2.